The van der Waals surface area contributed by atoms with E-state index in [4.69, 9.17) is 0 Å². The van der Waals surface area contributed by atoms with Crippen LogP contribution >= 0.6 is 0 Å². The van der Waals surface area contributed by atoms with Gasteiger partial charge in [-0.2, -0.15) is 0 Å². The summed E-state index contributed by atoms with van der Waals surface area (Å²) < 4.78 is 13.6. The Bertz CT molecular complexity index is 430. The van der Waals surface area contributed by atoms with Gasteiger partial charge < -0.3 is 16.0 Å². The van der Waals surface area contributed by atoms with E-state index in [1.54, 1.807) is 12.1 Å². The fourth-order valence-electron chi connectivity index (χ4n) is 2.11. The highest BCUT2D eigenvalue weighted by atomic mass is 19.1. The molecule has 0 spiro atoms. The Morgan fingerprint density at radius 3 is 3.06 bits per heavy atom. The van der Waals surface area contributed by atoms with Crippen molar-refractivity contribution < 1.29 is 9.18 Å². The van der Waals surface area contributed by atoms with Gasteiger partial charge in [0, 0.05) is 25.2 Å². The fourth-order valence-corrected chi connectivity index (χ4v) is 2.11. The molecule has 2 rings (SSSR count). The Morgan fingerprint density at radius 2 is 2.39 bits per heavy atom. The third-order valence-electron chi connectivity index (χ3n) is 2.99. The zero-order chi connectivity index (χ0) is 13.0. The fraction of sp³-hybridized carbons (Fsp3) is 0.462. The molecule has 1 atom stereocenters. The summed E-state index contributed by atoms with van der Waals surface area (Å²) in [7, 11) is 0. The van der Waals surface area contributed by atoms with Crippen molar-refractivity contribution >= 4 is 17.3 Å². The van der Waals surface area contributed by atoms with Gasteiger partial charge in [0.1, 0.15) is 5.82 Å². The topological polar surface area (TPSA) is 53.2 Å². The smallest absolute Gasteiger partial charge is 0.221 e. The Kier molecular flexibility index (Phi) is 4.15. The minimum absolute atomic E-state index is 0.162. The van der Waals surface area contributed by atoms with Gasteiger partial charge in [-0.05, 0) is 37.6 Å². The van der Waals surface area contributed by atoms with Crippen LogP contribution in [-0.2, 0) is 4.79 Å². The number of benzene rings is 1. The summed E-state index contributed by atoms with van der Waals surface area (Å²) in [5.74, 6) is -0.466. The van der Waals surface area contributed by atoms with E-state index in [1.807, 2.05) is 0 Å². The molecule has 0 bridgehead atoms. The maximum Gasteiger partial charge on any atom is 0.221 e. The number of rotatable bonds is 4. The number of hydrogen-bond acceptors (Lipinski definition) is 3. The van der Waals surface area contributed by atoms with Crippen LogP contribution in [0.4, 0.5) is 15.8 Å². The average molecular weight is 251 g/mol. The predicted octanol–water partition coefficient (Wildman–Crippen LogP) is 1.95. The number of anilines is 2. The van der Waals surface area contributed by atoms with E-state index in [0.717, 1.165) is 13.0 Å². The van der Waals surface area contributed by atoms with Crippen molar-refractivity contribution in [2.75, 3.05) is 23.7 Å². The molecule has 1 aromatic rings. The maximum absolute atomic E-state index is 13.6. The zero-order valence-corrected chi connectivity index (χ0v) is 10.4. The van der Waals surface area contributed by atoms with Gasteiger partial charge in [-0.15, -0.1) is 0 Å². The average Bonchev–Trinajstić information content (AvgIpc) is 2.82. The molecule has 0 saturated carbocycles. The molecule has 0 radical (unpaired) electrons. The van der Waals surface area contributed by atoms with Crippen molar-refractivity contribution in [2.24, 2.45) is 0 Å². The van der Waals surface area contributed by atoms with Gasteiger partial charge in [-0.25, -0.2) is 4.39 Å². The van der Waals surface area contributed by atoms with E-state index >= 15 is 0 Å². The van der Waals surface area contributed by atoms with Crippen molar-refractivity contribution in [3.05, 3.63) is 24.0 Å². The summed E-state index contributed by atoms with van der Waals surface area (Å²) >= 11 is 0. The lowest BCUT2D eigenvalue weighted by molar-refractivity contribution is -0.114. The molecule has 1 saturated heterocycles. The van der Waals surface area contributed by atoms with Gasteiger partial charge in [0.2, 0.25) is 5.91 Å². The van der Waals surface area contributed by atoms with Crippen molar-refractivity contribution in [3.8, 4) is 0 Å². The number of nitrogens with one attached hydrogen (secondary N) is 3. The SMILES string of the molecule is CC(=O)Nc1ccc(F)c(NCC2CCCN2)c1. The lowest BCUT2D eigenvalue weighted by Gasteiger charge is -2.14. The monoisotopic (exact) mass is 251 g/mol. The summed E-state index contributed by atoms with van der Waals surface area (Å²) in [5, 5.41) is 9.06. The molecule has 1 aromatic carbocycles. The summed E-state index contributed by atoms with van der Waals surface area (Å²) in [6.07, 6.45) is 2.28. The van der Waals surface area contributed by atoms with E-state index in [0.29, 0.717) is 24.0 Å². The molecule has 98 valence electrons. The molecule has 0 aliphatic carbocycles. The predicted molar refractivity (Wildman–Crippen MR) is 70.2 cm³/mol. The highest BCUT2D eigenvalue weighted by molar-refractivity contribution is 5.89. The quantitative estimate of drug-likeness (QED) is 0.766. The van der Waals surface area contributed by atoms with E-state index in [2.05, 4.69) is 16.0 Å². The van der Waals surface area contributed by atoms with E-state index in [9.17, 15) is 9.18 Å². The molecule has 1 unspecified atom stereocenters. The van der Waals surface area contributed by atoms with Crippen LogP contribution in [0.2, 0.25) is 0 Å². The summed E-state index contributed by atoms with van der Waals surface area (Å²) in [5.41, 5.74) is 1.03. The molecular formula is C13H18FN3O. The first-order valence-corrected chi connectivity index (χ1v) is 6.19. The van der Waals surface area contributed by atoms with E-state index in [1.165, 1.54) is 19.4 Å². The van der Waals surface area contributed by atoms with Crippen LogP contribution in [0.5, 0.6) is 0 Å². The largest absolute Gasteiger partial charge is 0.381 e. The van der Waals surface area contributed by atoms with Crippen molar-refractivity contribution in [1.29, 1.82) is 0 Å². The molecule has 1 heterocycles. The molecule has 1 aliphatic rings. The second-order valence-corrected chi connectivity index (χ2v) is 4.55. The molecule has 1 aliphatic heterocycles. The standard InChI is InChI=1S/C13H18FN3O/c1-9(18)17-10-4-5-12(14)13(7-10)16-8-11-3-2-6-15-11/h4-5,7,11,15-16H,2-3,6,8H2,1H3,(H,17,18). The second kappa shape index (κ2) is 5.82. The molecular weight excluding hydrogens is 233 g/mol. The Balaban J connectivity index is 1.98. The molecule has 3 N–H and O–H groups in total. The summed E-state index contributed by atoms with van der Waals surface area (Å²) in [6, 6.07) is 4.92. The minimum Gasteiger partial charge on any atom is -0.381 e. The number of amides is 1. The number of carbonyl (C=O) groups excluding carboxylic acids is 1. The maximum atomic E-state index is 13.6. The molecule has 18 heavy (non-hydrogen) atoms. The van der Waals surface area contributed by atoms with Crippen LogP contribution in [0, 0.1) is 5.82 Å². The lowest BCUT2D eigenvalue weighted by Crippen LogP contribution is -2.29. The van der Waals surface area contributed by atoms with E-state index in [-0.39, 0.29) is 11.7 Å². The third-order valence-corrected chi connectivity index (χ3v) is 2.99. The van der Waals surface area contributed by atoms with E-state index < -0.39 is 0 Å². The van der Waals surface area contributed by atoms with Gasteiger partial charge in [0.25, 0.3) is 0 Å². The zero-order valence-electron chi connectivity index (χ0n) is 10.4. The first-order chi connectivity index (χ1) is 8.65. The van der Waals surface area contributed by atoms with Crippen LogP contribution in [0.1, 0.15) is 19.8 Å². The highest BCUT2D eigenvalue weighted by Crippen LogP contribution is 2.20. The Labute approximate surface area is 106 Å². The Morgan fingerprint density at radius 1 is 1.56 bits per heavy atom. The molecule has 1 amide bonds. The molecule has 5 heteroatoms. The molecule has 0 aromatic heterocycles. The van der Waals surface area contributed by atoms with Crippen LogP contribution in [-0.4, -0.2) is 25.0 Å². The second-order valence-electron chi connectivity index (χ2n) is 4.55. The van der Waals surface area contributed by atoms with Crippen LogP contribution in [0.25, 0.3) is 0 Å². The first-order valence-electron chi connectivity index (χ1n) is 6.19. The minimum atomic E-state index is -0.304. The normalized spacial score (nSPS) is 18.7. The van der Waals surface area contributed by atoms with Gasteiger partial charge >= 0.3 is 0 Å². The molecule has 1 fully saturated rings. The summed E-state index contributed by atoms with van der Waals surface area (Å²) in [6.45, 7) is 3.15. The lowest BCUT2D eigenvalue weighted by atomic mass is 10.2. The Hall–Kier alpha value is -1.62. The van der Waals surface area contributed by atoms with Crippen LogP contribution < -0.4 is 16.0 Å². The highest BCUT2D eigenvalue weighted by Gasteiger charge is 2.14. The summed E-state index contributed by atoms with van der Waals surface area (Å²) in [4.78, 5) is 10.9. The van der Waals surface area contributed by atoms with Crippen LogP contribution in [0.3, 0.4) is 0 Å². The van der Waals surface area contributed by atoms with Crippen molar-refractivity contribution in [2.45, 2.75) is 25.8 Å². The van der Waals surface area contributed by atoms with Gasteiger partial charge in [-0.1, -0.05) is 0 Å². The first kappa shape index (κ1) is 12.8. The van der Waals surface area contributed by atoms with Crippen LogP contribution in [0.15, 0.2) is 18.2 Å². The van der Waals surface area contributed by atoms with Gasteiger partial charge in [0.15, 0.2) is 0 Å². The third kappa shape index (κ3) is 3.43. The van der Waals surface area contributed by atoms with Crippen molar-refractivity contribution in [3.63, 3.8) is 0 Å². The number of hydrogen-bond donors (Lipinski definition) is 3. The molecule has 4 nitrogen and oxygen atoms in total. The number of carbonyl (C=O) groups is 1. The van der Waals surface area contributed by atoms with Gasteiger partial charge in [-0.3, -0.25) is 4.79 Å². The number of halogens is 1. The van der Waals surface area contributed by atoms with Gasteiger partial charge in [0.05, 0.1) is 5.69 Å². The van der Waals surface area contributed by atoms with Crippen molar-refractivity contribution in [1.82, 2.24) is 5.32 Å².